The molecule has 220 valence electrons. The van der Waals surface area contributed by atoms with Gasteiger partial charge in [-0.1, -0.05) is 41.9 Å². The van der Waals surface area contributed by atoms with Crippen LogP contribution >= 0.6 is 11.8 Å². The van der Waals surface area contributed by atoms with E-state index in [1.54, 1.807) is 14.2 Å². The van der Waals surface area contributed by atoms with Gasteiger partial charge in [-0.25, -0.2) is 4.79 Å². The van der Waals surface area contributed by atoms with Gasteiger partial charge < -0.3 is 28.4 Å². The number of hydrogen-bond acceptors (Lipinski definition) is 9. The molecule has 41 heavy (non-hydrogen) atoms. The molecular formula is C31H38N2O7S. The zero-order chi connectivity index (χ0) is 29.6. The second-order valence-electron chi connectivity index (χ2n) is 10.6. The van der Waals surface area contributed by atoms with Crippen LogP contribution in [0.25, 0.3) is 0 Å². The Bertz CT molecular complexity index is 1240. The number of nitrogens with zero attached hydrogens (tertiary/aromatic N) is 2. The van der Waals surface area contributed by atoms with Crippen LogP contribution in [-0.4, -0.2) is 72.3 Å². The van der Waals surface area contributed by atoms with E-state index in [1.165, 1.54) is 16.7 Å². The molecule has 0 aromatic heterocycles. The molecule has 0 radical (unpaired) electrons. The number of benzene rings is 2. The monoisotopic (exact) mass is 582 g/mol. The molecule has 0 aliphatic carbocycles. The van der Waals surface area contributed by atoms with E-state index in [1.807, 2.05) is 76.2 Å². The summed E-state index contributed by atoms with van der Waals surface area (Å²) in [6, 6.07) is 14.8. The molecule has 0 bridgehead atoms. The molecule has 9 nitrogen and oxygen atoms in total. The van der Waals surface area contributed by atoms with Crippen molar-refractivity contribution in [1.29, 1.82) is 0 Å². The molecule has 2 aromatic rings. The SMILES string of the molecule is C#CC1O[C@@H]2SC(N(CC)C(=O)OC(C)(C)C)=N[C@@H]2[C@@H](OCc2ccc(OC)cc2)[C@@H]1OCc1ccc(OC)cc1. The Kier molecular flexibility index (Phi) is 10.2. The molecule has 4 rings (SSSR count). The highest BCUT2D eigenvalue weighted by Gasteiger charge is 2.51. The predicted octanol–water partition coefficient (Wildman–Crippen LogP) is 5.26. The van der Waals surface area contributed by atoms with Gasteiger partial charge in [0, 0.05) is 6.54 Å². The first kappa shape index (κ1) is 30.7. The minimum absolute atomic E-state index is 0.290. The van der Waals surface area contributed by atoms with Gasteiger partial charge in [-0.3, -0.25) is 9.89 Å². The van der Waals surface area contributed by atoms with E-state index in [2.05, 4.69) is 5.92 Å². The quantitative estimate of drug-likeness (QED) is 0.370. The molecule has 10 heteroatoms. The van der Waals surface area contributed by atoms with Crippen molar-refractivity contribution in [1.82, 2.24) is 4.90 Å². The number of aliphatic imine (C=N–C) groups is 1. The van der Waals surface area contributed by atoms with Crippen LogP contribution in [0.1, 0.15) is 38.8 Å². The largest absolute Gasteiger partial charge is 0.497 e. The lowest BCUT2D eigenvalue weighted by molar-refractivity contribution is -0.182. The number of terminal acetylenes is 1. The molecule has 1 saturated heterocycles. The number of carbonyl (C=O) groups excluding carboxylic acids is 1. The highest BCUT2D eigenvalue weighted by molar-refractivity contribution is 8.14. The molecule has 2 aliphatic heterocycles. The third-order valence-electron chi connectivity index (χ3n) is 6.53. The smallest absolute Gasteiger partial charge is 0.416 e. The topological polar surface area (TPSA) is 88.1 Å². The van der Waals surface area contributed by atoms with E-state index >= 15 is 0 Å². The van der Waals surface area contributed by atoms with Crippen molar-refractivity contribution in [3.8, 4) is 23.8 Å². The normalized spacial score (nSPS) is 23.6. The summed E-state index contributed by atoms with van der Waals surface area (Å²) in [6.07, 6.45) is 3.64. The number of fused-ring (bicyclic) bond motifs is 1. The van der Waals surface area contributed by atoms with Gasteiger partial charge in [0.25, 0.3) is 0 Å². The second-order valence-corrected chi connectivity index (χ2v) is 11.6. The summed E-state index contributed by atoms with van der Waals surface area (Å²) in [5.41, 5.74) is 0.809. The molecule has 1 amide bonds. The van der Waals surface area contributed by atoms with Gasteiger partial charge in [-0.15, -0.1) is 6.42 Å². The van der Waals surface area contributed by atoms with E-state index in [9.17, 15) is 4.79 Å². The van der Waals surface area contributed by atoms with Crippen molar-refractivity contribution in [2.24, 2.45) is 4.99 Å². The molecule has 0 spiro atoms. The summed E-state index contributed by atoms with van der Waals surface area (Å²) in [7, 11) is 3.25. The zero-order valence-electron chi connectivity index (χ0n) is 24.4. The van der Waals surface area contributed by atoms with Gasteiger partial charge in [0.05, 0.1) is 27.4 Å². The third kappa shape index (κ3) is 7.74. The Hall–Kier alpha value is -3.23. The molecular weight excluding hydrogens is 544 g/mol. The lowest BCUT2D eigenvalue weighted by Gasteiger charge is -2.41. The number of ether oxygens (including phenoxy) is 6. The van der Waals surface area contributed by atoms with Crippen molar-refractivity contribution in [3.05, 3.63) is 59.7 Å². The van der Waals surface area contributed by atoms with Crippen LogP contribution in [0.4, 0.5) is 4.79 Å². The average molecular weight is 583 g/mol. The van der Waals surface area contributed by atoms with Gasteiger partial charge in [0.1, 0.15) is 46.9 Å². The van der Waals surface area contributed by atoms with E-state index in [4.69, 9.17) is 39.8 Å². The first-order chi connectivity index (χ1) is 19.6. The van der Waals surface area contributed by atoms with Crippen molar-refractivity contribution in [3.63, 3.8) is 0 Å². The lowest BCUT2D eigenvalue weighted by Crippen LogP contribution is -2.56. The maximum atomic E-state index is 13.0. The number of amidine groups is 1. The Labute approximate surface area is 246 Å². The standard InChI is InChI=1S/C31H38N2O7S/c1-8-24-26(37-18-20-10-14-22(35-6)15-11-20)27(38-19-21-12-16-23(36-7)17-13-21)25-28(39-24)41-29(32-25)33(9-2)30(34)40-31(3,4)5/h1,10-17,24-28H,9,18-19H2,2-7H3/t24?,25-,26-,27-,28-/m1/s1. The van der Waals surface area contributed by atoms with Crippen LogP contribution in [0, 0.1) is 12.3 Å². The van der Waals surface area contributed by atoms with Gasteiger partial charge in [0.15, 0.2) is 5.17 Å². The second kappa shape index (κ2) is 13.6. The Morgan fingerprint density at radius 2 is 1.51 bits per heavy atom. The Balaban J connectivity index is 1.59. The van der Waals surface area contributed by atoms with Crippen LogP contribution < -0.4 is 9.47 Å². The molecule has 0 N–H and O–H groups in total. The first-order valence-electron chi connectivity index (χ1n) is 13.5. The minimum atomic E-state index is -0.686. The van der Waals surface area contributed by atoms with E-state index in [0.717, 1.165) is 22.6 Å². The van der Waals surface area contributed by atoms with Crippen LogP contribution in [0.5, 0.6) is 11.5 Å². The molecule has 1 fully saturated rings. The number of methoxy groups -OCH3 is 2. The zero-order valence-corrected chi connectivity index (χ0v) is 25.2. The maximum Gasteiger partial charge on any atom is 0.416 e. The molecule has 2 heterocycles. The molecule has 2 aliphatic rings. The lowest BCUT2D eigenvalue weighted by atomic mass is 9.97. The highest BCUT2D eigenvalue weighted by atomic mass is 32.2. The van der Waals surface area contributed by atoms with Crippen molar-refractivity contribution in [2.75, 3.05) is 20.8 Å². The average Bonchev–Trinajstić information content (AvgIpc) is 3.37. The summed E-state index contributed by atoms with van der Waals surface area (Å²) in [4.78, 5) is 19.4. The fourth-order valence-electron chi connectivity index (χ4n) is 4.45. The number of hydrogen-bond donors (Lipinski definition) is 0. The van der Waals surface area contributed by atoms with Crippen molar-refractivity contribution < 1.29 is 33.2 Å². The highest BCUT2D eigenvalue weighted by Crippen LogP contribution is 2.40. The number of carbonyl (C=O) groups is 1. The minimum Gasteiger partial charge on any atom is -0.497 e. The van der Waals surface area contributed by atoms with Gasteiger partial charge in [-0.2, -0.15) is 0 Å². The predicted molar refractivity (Wildman–Crippen MR) is 158 cm³/mol. The van der Waals surface area contributed by atoms with Crippen LogP contribution in [0.2, 0.25) is 0 Å². The summed E-state index contributed by atoms with van der Waals surface area (Å²) in [5, 5.41) is 0.501. The van der Waals surface area contributed by atoms with E-state index in [0.29, 0.717) is 24.9 Å². The van der Waals surface area contributed by atoms with Gasteiger partial charge in [0.2, 0.25) is 0 Å². The van der Waals surface area contributed by atoms with Crippen LogP contribution in [0.3, 0.4) is 0 Å². The van der Waals surface area contributed by atoms with Gasteiger partial charge >= 0.3 is 6.09 Å². The molecule has 2 aromatic carbocycles. The third-order valence-corrected chi connectivity index (χ3v) is 7.69. The van der Waals surface area contributed by atoms with Crippen molar-refractivity contribution >= 4 is 23.0 Å². The summed E-state index contributed by atoms with van der Waals surface area (Å²) in [6.45, 7) is 8.34. The Morgan fingerprint density at radius 3 is 1.98 bits per heavy atom. The molecule has 0 saturated carbocycles. The fourth-order valence-corrected chi connectivity index (χ4v) is 5.70. The number of amides is 1. The maximum absolute atomic E-state index is 13.0. The van der Waals surface area contributed by atoms with Crippen LogP contribution in [-0.2, 0) is 32.2 Å². The summed E-state index contributed by atoms with van der Waals surface area (Å²) >= 11 is 1.34. The fraction of sp³-hybridized carbons (Fsp3) is 0.484. The first-order valence-corrected chi connectivity index (χ1v) is 14.4. The number of thioether (sulfide) groups is 1. The molecule has 1 unspecified atom stereocenters. The van der Waals surface area contributed by atoms with E-state index < -0.39 is 41.5 Å². The number of rotatable bonds is 9. The molecule has 5 atom stereocenters. The van der Waals surface area contributed by atoms with Crippen LogP contribution in [0.15, 0.2) is 53.5 Å². The van der Waals surface area contributed by atoms with Crippen molar-refractivity contribution in [2.45, 2.75) is 76.3 Å². The van der Waals surface area contributed by atoms with E-state index in [-0.39, 0.29) is 0 Å². The van der Waals surface area contributed by atoms with Gasteiger partial charge in [-0.05, 0) is 63.1 Å². The summed E-state index contributed by atoms with van der Waals surface area (Å²) < 4.78 is 35.4. The Morgan fingerprint density at radius 1 is 0.976 bits per heavy atom. The summed E-state index contributed by atoms with van der Waals surface area (Å²) in [5.74, 6) is 4.26.